The predicted molar refractivity (Wildman–Crippen MR) is 120 cm³/mol. The van der Waals surface area contributed by atoms with Crippen molar-refractivity contribution < 1.29 is 4.74 Å². The molecule has 0 saturated carbocycles. The zero-order valence-electron chi connectivity index (χ0n) is 17.8. The number of nitrogens with zero attached hydrogens (tertiary/aromatic N) is 4. The molecule has 3 rings (SSSR count). The molecule has 3 heterocycles. The lowest BCUT2D eigenvalue weighted by atomic mass is 10.2. The van der Waals surface area contributed by atoms with E-state index in [2.05, 4.69) is 64.6 Å². The summed E-state index contributed by atoms with van der Waals surface area (Å²) in [7, 11) is 0. The molecule has 7 nitrogen and oxygen atoms in total. The monoisotopic (exact) mass is 416 g/mol. The van der Waals surface area contributed by atoms with Crippen molar-refractivity contribution in [3.05, 3.63) is 40.0 Å². The summed E-state index contributed by atoms with van der Waals surface area (Å²) in [6, 6.07) is 4.15. The molecule has 0 amide bonds. The van der Waals surface area contributed by atoms with Gasteiger partial charge in [-0.15, -0.1) is 11.3 Å². The van der Waals surface area contributed by atoms with Gasteiger partial charge in [-0.25, -0.2) is 15.0 Å². The molecule has 0 radical (unpaired) electrons. The molecule has 0 spiro atoms. The standard InChI is InChI=1S/C21H32N6OS/c1-5-22-21(25-12-20-26-18(14-29-20)15(2)3)24-11-17-6-7-23-19(10-17)27-8-9-28-16(4)13-27/h6-7,10,14-16H,5,8-9,11-13H2,1-4H3,(H2,22,24,25). The highest BCUT2D eigenvalue weighted by Crippen LogP contribution is 2.18. The lowest BCUT2D eigenvalue weighted by Crippen LogP contribution is -2.41. The summed E-state index contributed by atoms with van der Waals surface area (Å²) in [5.41, 5.74) is 2.29. The first-order valence-electron chi connectivity index (χ1n) is 10.3. The van der Waals surface area contributed by atoms with E-state index in [1.165, 1.54) is 0 Å². The molecule has 2 aromatic heterocycles. The molecular weight excluding hydrogens is 384 g/mol. The van der Waals surface area contributed by atoms with E-state index in [0.29, 0.717) is 19.0 Å². The number of hydrogen-bond donors (Lipinski definition) is 2. The van der Waals surface area contributed by atoms with Gasteiger partial charge in [-0.2, -0.15) is 0 Å². The maximum atomic E-state index is 5.63. The summed E-state index contributed by atoms with van der Waals surface area (Å²) in [5.74, 6) is 2.25. The van der Waals surface area contributed by atoms with Crippen LogP contribution in [0.4, 0.5) is 5.82 Å². The van der Waals surface area contributed by atoms with E-state index in [-0.39, 0.29) is 6.10 Å². The van der Waals surface area contributed by atoms with Crippen LogP contribution in [0.2, 0.25) is 0 Å². The highest BCUT2D eigenvalue weighted by molar-refractivity contribution is 7.09. The van der Waals surface area contributed by atoms with Crippen LogP contribution < -0.4 is 15.5 Å². The van der Waals surface area contributed by atoms with Crippen LogP contribution in [0.3, 0.4) is 0 Å². The zero-order valence-corrected chi connectivity index (χ0v) is 18.6. The number of anilines is 1. The molecular formula is C21H32N6OS. The van der Waals surface area contributed by atoms with E-state index in [9.17, 15) is 0 Å². The fraction of sp³-hybridized carbons (Fsp3) is 0.571. The van der Waals surface area contributed by atoms with E-state index in [1.54, 1.807) is 11.3 Å². The van der Waals surface area contributed by atoms with Gasteiger partial charge in [0.05, 0.1) is 31.5 Å². The van der Waals surface area contributed by atoms with Gasteiger partial charge in [-0.05, 0) is 37.5 Å². The highest BCUT2D eigenvalue weighted by Gasteiger charge is 2.18. The molecule has 0 aliphatic carbocycles. The number of hydrogen-bond acceptors (Lipinski definition) is 6. The topological polar surface area (TPSA) is 74.7 Å². The highest BCUT2D eigenvalue weighted by atomic mass is 32.1. The molecule has 158 valence electrons. The quantitative estimate of drug-likeness (QED) is 0.534. The van der Waals surface area contributed by atoms with Crippen molar-refractivity contribution in [2.75, 3.05) is 31.1 Å². The van der Waals surface area contributed by atoms with Crippen molar-refractivity contribution in [1.29, 1.82) is 0 Å². The number of rotatable bonds is 7. The van der Waals surface area contributed by atoms with Crippen LogP contribution in [0.15, 0.2) is 28.7 Å². The third-order valence-corrected chi connectivity index (χ3v) is 5.57. The summed E-state index contributed by atoms with van der Waals surface area (Å²) in [5, 5.41) is 9.91. The largest absolute Gasteiger partial charge is 0.375 e. The van der Waals surface area contributed by atoms with Crippen LogP contribution >= 0.6 is 11.3 Å². The second kappa shape index (κ2) is 10.5. The molecule has 2 aromatic rings. The Hall–Kier alpha value is -2.19. The van der Waals surface area contributed by atoms with Gasteiger partial charge in [-0.3, -0.25) is 0 Å². The lowest BCUT2D eigenvalue weighted by Gasteiger charge is -2.32. The smallest absolute Gasteiger partial charge is 0.191 e. The fourth-order valence-corrected chi connectivity index (χ4v) is 4.00. The van der Waals surface area contributed by atoms with Gasteiger partial charge in [0.1, 0.15) is 10.8 Å². The fourth-order valence-electron chi connectivity index (χ4n) is 3.10. The number of aromatic nitrogens is 2. The Morgan fingerprint density at radius 2 is 2.28 bits per heavy atom. The number of pyridine rings is 1. The predicted octanol–water partition coefficient (Wildman–Crippen LogP) is 3.14. The summed E-state index contributed by atoms with van der Waals surface area (Å²) < 4.78 is 5.63. The van der Waals surface area contributed by atoms with Crippen LogP contribution in [0, 0.1) is 0 Å². The Bertz CT molecular complexity index is 806. The van der Waals surface area contributed by atoms with Crippen molar-refractivity contribution >= 4 is 23.1 Å². The third-order valence-electron chi connectivity index (χ3n) is 4.71. The molecule has 29 heavy (non-hydrogen) atoms. The van der Waals surface area contributed by atoms with E-state index in [0.717, 1.165) is 54.3 Å². The van der Waals surface area contributed by atoms with Crippen LogP contribution in [0.1, 0.15) is 49.9 Å². The van der Waals surface area contributed by atoms with Gasteiger partial charge in [0.2, 0.25) is 0 Å². The molecule has 0 bridgehead atoms. The third kappa shape index (κ3) is 6.40. The molecule has 2 N–H and O–H groups in total. The maximum Gasteiger partial charge on any atom is 0.191 e. The molecule has 1 atom stereocenters. The number of thiazole rings is 1. The summed E-state index contributed by atoms with van der Waals surface area (Å²) in [6.45, 7) is 13.1. The Labute approximate surface area is 177 Å². The van der Waals surface area contributed by atoms with E-state index < -0.39 is 0 Å². The number of morpholine rings is 1. The first kappa shape index (κ1) is 21.5. The van der Waals surface area contributed by atoms with Gasteiger partial charge in [-0.1, -0.05) is 13.8 Å². The van der Waals surface area contributed by atoms with Gasteiger partial charge < -0.3 is 20.3 Å². The Morgan fingerprint density at radius 1 is 1.41 bits per heavy atom. The van der Waals surface area contributed by atoms with Crippen molar-refractivity contribution in [3.8, 4) is 0 Å². The van der Waals surface area contributed by atoms with E-state index in [1.807, 2.05) is 12.3 Å². The van der Waals surface area contributed by atoms with Gasteiger partial charge >= 0.3 is 0 Å². The van der Waals surface area contributed by atoms with Crippen LogP contribution in [-0.4, -0.2) is 48.3 Å². The number of ether oxygens (including phenoxy) is 1. The minimum Gasteiger partial charge on any atom is -0.375 e. The minimum atomic E-state index is 0.235. The average Bonchev–Trinajstić information content (AvgIpc) is 3.20. The van der Waals surface area contributed by atoms with Crippen molar-refractivity contribution in [1.82, 2.24) is 20.6 Å². The second-order valence-corrected chi connectivity index (χ2v) is 8.46. The first-order chi connectivity index (χ1) is 14.0. The van der Waals surface area contributed by atoms with Crippen LogP contribution in [-0.2, 0) is 17.8 Å². The summed E-state index contributed by atoms with van der Waals surface area (Å²) in [4.78, 5) is 16.2. The summed E-state index contributed by atoms with van der Waals surface area (Å²) >= 11 is 1.69. The summed E-state index contributed by atoms with van der Waals surface area (Å²) in [6.07, 6.45) is 2.10. The molecule has 0 aromatic carbocycles. The first-order valence-corrected chi connectivity index (χ1v) is 11.2. The van der Waals surface area contributed by atoms with Gasteiger partial charge in [0.25, 0.3) is 0 Å². The van der Waals surface area contributed by atoms with Crippen molar-refractivity contribution in [2.24, 2.45) is 4.99 Å². The lowest BCUT2D eigenvalue weighted by molar-refractivity contribution is 0.0529. The van der Waals surface area contributed by atoms with Crippen LogP contribution in [0.25, 0.3) is 0 Å². The number of guanidine groups is 1. The minimum absolute atomic E-state index is 0.235. The average molecular weight is 417 g/mol. The molecule has 1 aliphatic rings. The van der Waals surface area contributed by atoms with Crippen molar-refractivity contribution in [3.63, 3.8) is 0 Å². The van der Waals surface area contributed by atoms with Gasteiger partial charge in [0, 0.05) is 31.2 Å². The van der Waals surface area contributed by atoms with Gasteiger partial charge in [0.15, 0.2) is 5.96 Å². The van der Waals surface area contributed by atoms with Crippen molar-refractivity contribution in [2.45, 2.75) is 52.8 Å². The Balaban J connectivity index is 1.61. The molecule has 1 fully saturated rings. The maximum absolute atomic E-state index is 5.63. The molecule has 1 aliphatic heterocycles. The zero-order chi connectivity index (χ0) is 20.6. The Morgan fingerprint density at radius 3 is 3.00 bits per heavy atom. The molecule has 8 heteroatoms. The van der Waals surface area contributed by atoms with E-state index >= 15 is 0 Å². The van der Waals surface area contributed by atoms with Crippen LogP contribution in [0.5, 0.6) is 0 Å². The van der Waals surface area contributed by atoms with E-state index in [4.69, 9.17) is 9.73 Å². The molecule has 1 unspecified atom stereocenters. The second-order valence-electron chi connectivity index (χ2n) is 7.52. The molecule has 1 saturated heterocycles. The SMILES string of the molecule is CCNC(=NCc1ccnc(N2CCOC(C)C2)c1)NCc1nc(C(C)C)cs1. The normalized spacial score (nSPS) is 17.6. The number of aliphatic imine (C=N–C) groups is 1. The Kier molecular flexibility index (Phi) is 7.83. The number of nitrogens with one attached hydrogen (secondary N) is 2.